The van der Waals surface area contributed by atoms with Crippen molar-refractivity contribution in [1.82, 2.24) is 0 Å². The summed E-state index contributed by atoms with van der Waals surface area (Å²) in [5.41, 5.74) is 0.442. The van der Waals surface area contributed by atoms with Gasteiger partial charge in [0.15, 0.2) is 5.78 Å². The van der Waals surface area contributed by atoms with Gasteiger partial charge < -0.3 is 0 Å². The van der Waals surface area contributed by atoms with Crippen LogP contribution in [-0.4, -0.2) is 5.78 Å². The molecule has 0 radical (unpaired) electrons. The third-order valence-corrected chi connectivity index (χ3v) is 4.44. The fraction of sp³-hybridized carbons (Fsp3) is 0. The first-order valence-electron chi connectivity index (χ1n) is 4.54. The zero-order valence-electron chi connectivity index (χ0n) is 8.44. The van der Waals surface area contributed by atoms with E-state index in [1.165, 1.54) is 18.2 Å². The van der Waals surface area contributed by atoms with Crippen LogP contribution >= 0.6 is 69.3 Å². The summed E-state index contributed by atoms with van der Waals surface area (Å²) in [7, 11) is 0. The molecule has 0 aliphatic rings. The van der Waals surface area contributed by atoms with Crippen molar-refractivity contribution in [3.05, 3.63) is 53.1 Å². The maximum atomic E-state index is 12.3. The summed E-state index contributed by atoms with van der Waals surface area (Å²) in [6.07, 6.45) is 0. The Balaban J connectivity index is 2.56. The van der Waals surface area contributed by atoms with Crippen LogP contribution < -0.4 is 0 Å². The maximum Gasteiger partial charge on any atom is 0.198 e. The Labute approximate surface area is 132 Å². The lowest BCUT2D eigenvalue weighted by atomic mass is 10.1. The van der Waals surface area contributed by atoms with Gasteiger partial charge in [-0.05, 0) is 18.2 Å². The Kier molecular flexibility index (Phi) is 4.48. The molecule has 0 aliphatic carbocycles. The van der Waals surface area contributed by atoms with E-state index >= 15 is 0 Å². The molecule has 7 heteroatoms. The Morgan fingerprint density at radius 3 is 1.94 bits per heavy atom. The normalized spacial score (nSPS) is 10.7. The smallest absolute Gasteiger partial charge is 0.198 e. The molecule has 1 heterocycles. The highest BCUT2D eigenvalue weighted by molar-refractivity contribution is 7.20. The van der Waals surface area contributed by atoms with Gasteiger partial charge in [0, 0.05) is 5.02 Å². The van der Waals surface area contributed by atoms with Crippen molar-refractivity contribution in [3.63, 3.8) is 0 Å². The largest absolute Gasteiger partial charge is 0.288 e. The summed E-state index contributed by atoms with van der Waals surface area (Å²) in [5.74, 6) is -0.380. The Morgan fingerprint density at radius 2 is 1.50 bits per heavy atom. The van der Waals surface area contributed by atoms with Crippen molar-refractivity contribution < 1.29 is 4.79 Å². The van der Waals surface area contributed by atoms with E-state index in [1.54, 1.807) is 0 Å². The molecule has 1 aromatic heterocycles. The van der Waals surface area contributed by atoms with Crippen molar-refractivity contribution in [1.29, 1.82) is 0 Å². The second-order valence-electron chi connectivity index (χ2n) is 3.31. The van der Waals surface area contributed by atoms with E-state index in [9.17, 15) is 4.79 Å². The predicted octanol–water partition coefficient (Wildman–Crippen LogP) is 6.25. The highest BCUT2D eigenvalue weighted by Gasteiger charge is 2.21. The highest BCUT2D eigenvalue weighted by Crippen LogP contribution is 2.36. The van der Waals surface area contributed by atoms with E-state index in [4.69, 9.17) is 58.0 Å². The molecule has 0 unspecified atom stereocenters. The summed E-state index contributed by atoms with van der Waals surface area (Å²) in [5, 5.41) is 0.711. The molecule has 94 valence electrons. The van der Waals surface area contributed by atoms with Crippen molar-refractivity contribution in [2.24, 2.45) is 0 Å². The summed E-state index contributed by atoms with van der Waals surface area (Å²) in [4.78, 5) is 12.3. The lowest BCUT2D eigenvalue weighted by molar-refractivity contribution is 0.103. The monoisotopic (exact) mass is 358 g/mol. The summed E-state index contributed by atoms with van der Waals surface area (Å²) < 4.78 is 0.719. The Hall–Kier alpha value is 0.0400. The first-order chi connectivity index (χ1) is 8.40. The van der Waals surface area contributed by atoms with Crippen molar-refractivity contribution >= 4 is 75.1 Å². The van der Waals surface area contributed by atoms with E-state index in [-0.39, 0.29) is 27.0 Å². The van der Waals surface area contributed by atoms with Gasteiger partial charge in [-0.1, -0.05) is 58.0 Å². The zero-order valence-corrected chi connectivity index (χ0v) is 13.0. The van der Waals surface area contributed by atoms with Crippen molar-refractivity contribution in [2.45, 2.75) is 0 Å². The van der Waals surface area contributed by atoms with Crippen LogP contribution in [0.1, 0.15) is 15.9 Å². The number of hydrogen-bond acceptors (Lipinski definition) is 2. The second-order valence-corrected chi connectivity index (χ2v) is 6.85. The van der Waals surface area contributed by atoms with Gasteiger partial charge >= 0.3 is 0 Å². The minimum atomic E-state index is -0.380. The number of rotatable bonds is 2. The topological polar surface area (TPSA) is 17.1 Å². The van der Waals surface area contributed by atoms with Gasteiger partial charge in [-0.2, -0.15) is 0 Å². The van der Waals surface area contributed by atoms with E-state index in [1.807, 2.05) is 0 Å². The lowest BCUT2D eigenvalue weighted by Gasteiger charge is -2.06. The SMILES string of the molecule is O=C(c1cc(Cl)sc1Cl)c1c(Cl)cc(Cl)cc1Cl. The average molecular weight is 360 g/mol. The molecule has 0 saturated heterocycles. The maximum absolute atomic E-state index is 12.3. The molecule has 0 bridgehead atoms. The van der Waals surface area contributed by atoms with Gasteiger partial charge in [0.05, 0.1) is 25.5 Å². The van der Waals surface area contributed by atoms with E-state index < -0.39 is 0 Å². The lowest BCUT2D eigenvalue weighted by Crippen LogP contribution is -2.02. The number of thiophene rings is 1. The number of ketones is 1. The first-order valence-corrected chi connectivity index (χ1v) is 7.25. The molecule has 0 amide bonds. The molecule has 0 aliphatic heterocycles. The minimum Gasteiger partial charge on any atom is -0.288 e. The fourth-order valence-corrected chi connectivity index (χ4v) is 3.84. The van der Waals surface area contributed by atoms with Crippen LogP contribution in [0.3, 0.4) is 0 Å². The second kappa shape index (κ2) is 5.58. The number of halogens is 5. The van der Waals surface area contributed by atoms with Gasteiger partial charge in [-0.15, -0.1) is 11.3 Å². The molecule has 0 fully saturated rings. The minimum absolute atomic E-state index is 0.166. The van der Waals surface area contributed by atoms with Gasteiger partial charge in [0.25, 0.3) is 0 Å². The van der Waals surface area contributed by atoms with Gasteiger partial charge in [-0.3, -0.25) is 4.79 Å². The van der Waals surface area contributed by atoms with Gasteiger partial charge in [0.2, 0.25) is 0 Å². The summed E-state index contributed by atoms with van der Waals surface area (Å²) in [6, 6.07) is 4.38. The van der Waals surface area contributed by atoms with Gasteiger partial charge in [-0.25, -0.2) is 0 Å². The molecule has 0 spiro atoms. The van der Waals surface area contributed by atoms with Crippen molar-refractivity contribution in [2.75, 3.05) is 0 Å². The molecule has 0 N–H and O–H groups in total. The molecule has 18 heavy (non-hydrogen) atoms. The number of carbonyl (C=O) groups is 1. The van der Waals surface area contributed by atoms with Crippen LogP contribution in [0.2, 0.25) is 23.7 Å². The molecule has 0 saturated carbocycles. The van der Waals surface area contributed by atoms with Crippen LogP contribution in [0.5, 0.6) is 0 Å². The van der Waals surface area contributed by atoms with E-state index in [2.05, 4.69) is 0 Å². The van der Waals surface area contributed by atoms with Crippen LogP contribution in [0.25, 0.3) is 0 Å². The molecule has 2 aromatic rings. The number of hydrogen-bond donors (Lipinski definition) is 0. The van der Waals surface area contributed by atoms with Crippen LogP contribution in [0.4, 0.5) is 0 Å². The number of carbonyl (C=O) groups excluding carboxylic acids is 1. The molecule has 1 aromatic carbocycles. The fourth-order valence-electron chi connectivity index (χ4n) is 1.39. The zero-order chi connectivity index (χ0) is 13.4. The third kappa shape index (κ3) is 2.79. The van der Waals surface area contributed by atoms with Crippen LogP contribution in [-0.2, 0) is 0 Å². The summed E-state index contributed by atoms with van der Waals surface area (Å²) in [6.45, 7) is 0. The third-order valence-electron chi connectivity index (χ3n) is 2.14. The van der Waals surface area contributed by atoms with Crippen LogP contribution in [0, 0.1) is 0 Å². The predicted molar refractivity (Wildman–Crippen MR) is 79.2 cm³/mol. The Bertz CT molecular complexity index is 611. The summed E-state index contributed by atoms with van der Waals surface area (Å²) >= 11 is 30.6. The molecule has 1 nitrogen and oxygen atoms in total. The van der Waals surface area contributed by atoms with Crippen molar-refractivity contribution in [3.8, 4) is 0 Å². The van der Waals surface area contributed by atoms with Gasteiger partial charge in [0.1, 0.15) is 4.34 Å². The molecule has 2 rings (SSSR count). The van der Waals surface area contributed by atoms with Crippen LogP contribution in [0.15, 0.2) is 18.2 Å². The number of benzene rings is 1. The molecular weight excluding hydrogens is 357 g/mol. The molecular formula is C11H3Cl5OS. The van der Waals surface area contributed by atoms with E-state index in [0.717, 1.165) is 11.3 Å². The quantitative estimate of drug-likeness (QED) is 0.579. The average Bonchev–Trinajstić information content (AvgIpc) is 2.56. The first kappa shape index (κ1) is 14.4. The Morgan fingerprint density at radius 1 is 0.944 bits per heavy atom. The standard InChI is InChI=1S/C11H3Cl5OS/c12-4-1-6(13)9(7(14)2-4)10(17)5-3-8(15)18-11(5)16/h1-3H. The molecule has 0 atom stereocenters. The highest BCUT2D eigenvalue weighted by atomic mass is 35.5. The van der Waals surface area contributed by atoms with E-state index in [0.29, 0.717) is 13.7 Å².